The van der Waals surface area contributed by atoms with Crippen LogP contribution in [0.4, 0.5) is 19.4 Å². The van der Waals surface area contributed by atoms with Crippen LogP contribution < -0.4 is 5.32 Å². The van der Waals surface area contributed by atoms with Crippen LogP contribution >= 0.6 is 0 Å². The highest BCUT2D eigenvalue weighted by molar-refractivity contribution is 6.02. The van der Waals surface area contributed by atoms with E-state index in [2.05, 4.69) is 41.7 Å². The first-order chi connectivity index (χ1) is 25.0. The Morgan fingerprint density at radius 2 is 1.38 bits per heavy atom. The zero-order valence-corrected chi connectivity index (χ0v) is 29.4. The van der Waals surface area contributed by atoms with Crippen LogP contribution in [0.15, 0.2) is 127 Å². The van der Waals surface area contributed by atoms with Gasteiger partial charge in [-0.2, -0.15) is 5.10 Å². The first-order valence-electron chi connectivity index (χ1n) is 17.5. The summed E-state index contributed by atoms with van der Waals surface area (Å²) in [6.45, 7) is 6.14. The number of hydrogen-bond acceptors (Lipinski definition) is 4. The Hall–Kier alpha value is -5.83. The molecule has 1 aromatic heterocycles. The van der Waals surface area contributed by atoms with Crippen molar-refractivity contribution >= 4 is 28.7 Å². The van der Waals surface area contributed by atoms with Crippen molar-refractivity contribution in [3.05, 3.63) is 156 Å². The number of anilines is 1. The number of likely N-dealkylation sites (tertiary alicyclic amines) is 1. The van der Waals surface area contributed by atoms with Gasteiger partial charge in [0.2, 0.25) is 5.91 Å². The summed E-state index contributed by atoms with van der Waals surface area (Å²) in [5.41, 5.74) is 2.52. The molecule has 0 aliphatic carbocycles. The standard InChI is InChI=1S/C43H40F2N4O3/c1-42(2,3)52-41(51)48-25-13-14-30(28-48)40(50)46-39-36-26-29(35-23-22-34(44)27-37(35)45)21-24-38(36)49(47-39)43(31-15-7-4-8-16-31,32-17-9-5-10-18-32)33-19-11-6-12-20-33/h4-12,15-24,26-27,30H,13-14,25,28H2,1-3H3,(H,46,47,50)/t30-/m1/s1. The molecule has 5 aromatic carbocycles. The lowest BCUT2D eigenvalue weighted by Crippen LogP contribution is -2.45. The smallest absolute Gasteiger partial charge is 0.410 e. The Labute approximate surface area is 301 Å². The summed E-state index contributed by atoms with van der Waals surface area (Å²) in [6.07, 6.45) is 0.765. The van der Waals surface area contributed by atoms with Gasteiger partial charge in [-0.15, -0.1) is 0 Å². The summed E-state index contributed by atoms with van der Waals surface area (Å²) in [5, 5.41) is 8.90. The summed E-state index contributed by atoms with van der Waals surface area (Å²) < 4.78 is 36.7. The molecule has 2 amide bonds. The lowest BCUT2D eigenvalue weighted by Gasteiger charge is -2.37. The van der Waals surface area contributed by atoms with Crippen molar-refractivity contribution in [1.29, 1.82) is 0 Å². The molecule has 52 heavy (non-hydrogen) atoms. The van der Waals surface area contributed by atoms with Crippen molar-refractivity contribution in [2.75, 3.05) is 18.4 Å². The molecule has 1 fully saturated rings. The summed E-state index contributed by atoms with van der Waals surface area (Å²) in [4.78, 5) is 28.7. The molecule has 7 nitrogen and oxygen atoms in total. The second-order valence-electron chi connectivity index (χ2n) is 14.2. The van der Waals surface area contributed by atoms with E-state index in [1.54, 1.807) is 17.0 Å². The number of carbonyl (C=O) groups excluding carboxylic acids is 2. The summed E-state index contributed by atoms with van der Waals surface area (Å²) in [5.74, 6) is -1.89. The van der Waals surface area contributed by atoms with Gasteiger partial charge in [0, 0.05) is 30.1 Å². The van der Waals surface area contributed by atoms with E-state index in [0.29, 0.717) is 35.9 Å². The fourth-order valence-corrected chi connectivity index (χ4v) is 7.16. The van der Waals surface area contributed by atoms with E-state index in [0.717, 1.165) is 22.8 Å². The number of rotatable bonds is 7. The van der Waals surface area contributed by atoms with E-state index in [9.17, 15) is 14.0 Å². The number of fused-ring (bicyclic) bond motifs is 1. The van der Waals surface area contributed by atoms with E-state index < -0.39 is 34.8 Å². The molecule has 1 atom stereocenters. The first kappa shape index (κ1) is 34.6. The van der Waals surface area contributed by atoms with Gasteiger partial charge in [0.05, 0.1) is 11.4 Å². The highest BCUT2D eigenvalue weighted by Crippen LogP contribution is 2.44. The average Bonchev–Trinajstić information content (AvgIpc) is 3.50. The minimum atomic E-state index is -1.01. The minimum absolute atomic E-state index is 0.202. The zero-order chi connectivity index (χ0) is 36.5. The predicted octanol–water partition coefficient (Wildman–Crippen LogP) is 9.41. The minimum Gasteiger partial charge on any atom is -0.444 e. The maximum absolute atomic E-state index is 15.2. The van der Waals surface area contributed by atoms with Crippen molar-refractivity contribution in [2.24, 2.45) is 5.92 Å². The molecule has 0 unspecified atom stereocenters. The van der Waals surface area contributed by atoms with Gasteiger partial charge in [0.25, 0.3) is 0 Å². The van der Waals surface area contributed by atoms with Gasteiger partial charge in [0.1, 0.15) is 22.8 Å². The van der Waals surface area contributed by atoms with Gasteiger partial charge in [0.15, 0.2) is 5.82 Å². The Bertz CT molecular complexity index is 2120. The molecule has 1 aliphatic heterocycles. The molecule has 0 radical (unpaired) electrons. The maximum Gasteiger partial charge on any atom is 0.410 e. The third-order valence-corrected chi connectivity index (χ3v) is 9.50. The Kier molecular flexibility index (Phi) is 9.36. The molecular weight excluding hydrogens is 658 g/mol. The predicted molar refractivity (Wildman–Crippen MR) is 199 cm³/mol. The largest absolute Gasteiger partial charge is 0.444 e. The van der Waals surface area contributed by atoms with Gasteiger partial charge < -0.3 is 15.0 Å². The molecule has 7 rings (SSSR count). The molecule has 0 spiro atoms. The highest BCUT2D eigenvalue weighted by Gasteiger charge is 2.41. The lowest BCUT2D eigenvalue weighted by molar-refractivity contribution is -0.121. The number of aromatic nitrogens is 2. The second-order valence-corrected chi connectivity index (χ2v) is 14.2. The van der Waals surface area contributed by atoms with Gasteiger partial charge in [-0.25, -0.2) is 18.3 Å². The van der Waals surface area contributed by atoms with Gasteiger partial charge in [-0.1, -0.05) is 97.1 Å². The van der Waals surface area contributed by atoms with Crippen molar-refractivity contribution in [2.45, 2.75) is 44.8 Å². The number of hydrogen-bond donors (Lipinski definition) is 1. The van der Waals surface area contributed by atoms with E-state index in [4.69, 9.17) is 9.84 Å². The van der Waals surface area contributed by atoms with Crippen LogP contribution in [-0.2, 0) is 15.1 Å². The normalized spacial score (nSPS) is 15.0. The highest BCUT2D eigenvalue weighted by atomic mass is 19.1. The number of benzene rings is 5. The van der Waals surface area contributed by atoms with Gasteiger partial charge >= 0.3 is 6.09 Å². The third-order valence-electron chi connectivity index (χ3n) is 9.50. The number of nitrogens with zero attached hydrogens (tertiary/aromatic N) is 3. The van der Waals surface area contributed by atoms with Crippen LogP contribution in [0, 0.1) is 17.6 Å². The van der Waals surface area contributed by atoms with Crippen molar-refractivity contribution in [3.63, 3.8) is 0 Å². The fraction of sp³-hybridized carbons (Fsp3) is 0.233. The van der Waals surface area contributed by atoms with E-state index in [1.807, 2.05) is 86.1 Å². The molecule has 264 valence electrons. The summed E-state index contributed by atoms with van der Waals surface area (Å²) in [6, 6.07) is 39.1. The first-order valence-corrected chi connectivity index (χ1v) is 17.5. The lowest BCUT2D eigenvalue weighted by atomic mass is 9.77. The molecule has 1 saturated heterocycles. The average molecular weight is 699 g/mol. The Morgan fingerprint density at radius 1 is 0.788 bits per heavy atom. The van der Waals surface area contributed by atoms with Gasteiger partial charge in [-0.3, -0.25) is 4.79 Å². The van der Waals surface area contributed by atoms with Crippen LogP contribution in [0.5, 0.6) is 0 Å². The molecule has 1 N–H and O–H groups in total. The van der Waals surface area contributed by atoms with Crippen molar-refractivity contribution in [1.82, 2.24) is 14.7 Å². The van der Waals surface area contributed by atoms with E-state index >= 15 is 4.39 Å². The monoisotopic (exact) mass is 698 g/mol. The van der Waals surface area contributed by atoms with Crippen LogP contribution in [0.1, 0.15) is 50.3 Å². The SMILES string of the molecule is CC(C)(C)OC(=O)N1CCC[C@@H](C(=O)Nc2nn(C(c3ccccc3)(c3ccccc3)c3ccccc3)c3ccc(-c4ccc(F)cc4F)cc23)C1. The molecule has 6 aromatic rings. The number of piperidine rings is 1. The number of amides is 2. The molecular formula is C43H40F2N4O3. The second kappa shape index (κ2) is 14.1. The van der Waals surface area contributed by atoms with Crippen LogP contribution in [-0.4, -0.2) is 45.4 Å². The molecule has 1 aliphatic rings. The number of ether oxygens (including phenoxy) is 1. The van der Waals surface area contributed by atoms with Crippen LogP contribution in [0.25, 0.3) is 22.0 Å². The Morgan fingerprint density at radius 3 is 1.94 bits per heavy atom. The number of nitrogens with one attached hydrogen (secondary N) is 1. The molecule has 0 saturated carbocycles. The summed E-state index contributed by atoms with van der Waals surface area (Å²) >= 11 is 0. The fourth-order valence-electron chi connectivity index (χ4n) is 7.16. The van der Waals surface area contributed by atoms with Crippen LogP contribution in [0.3, 0.4) is 0 Å². The van der Waals surface area contributed by atoms with Crippen molar-refractivity contribution in [3.8, 4) is 11.1 Å². The van der Waals surface area contributed by atoms with Crippen molar-refractivity contribution < 1.29 is 23.1 Å². The topological polar surface area (TPSA) is 76.5 Å². The van der Waals surface area contributed by atoms with Gasteiger partial charge in [-0.05, 0) is 80.1 Å². The molecule has 2 heterocycles. The number of carbonyl (C=O) groups is 2. The van der Waals surface area contributed by atoms with E-state index in [1.165, 1.54) is 12.1 Å². The molecule has 9 heteroatoms. The van der Waals surface area contributed by atoms with E-state index in [-0.39, 0.29) is 23.8 Å². The molecule has 0 bridgehead atoms. The maximum atomic E-state index is 15.2. The third kappa shape index (κ3) is 6.66. The van der Waals surface area contributed by atoms with Crippen LogP contribution in [0.2, 0.25) is 0 Å². The number of halogens is 2. The summed E-state index contributed by atoms with van der Waals surface area (Å²) in [7, 11) is 0. The quantitative estimate of drug-likeness (QED) is 0.169. The Balaban J connectivity index is 1.41. The zero-order valence-electron chi connectivity index (χ0n) is 29.4.